The first-order chi connectivity index (χ1) is 19.7. The van der Waals surface area contributed by atoms with E-state index in [1.54, 1.807) is 11.1 Å². The average molecular weight is 593 g/mol. The fourth-order valence-corrected chi connectivity index (χ4v) is 7.05. The molecule has 2 aliphatic rings. The van der Waals surface area contributed by atoms with Gasteiger partial charge in [0.05, 0.1) is 11.4 Å². The minimum atomic E-state index is -3.88. The average Bonchev–Trinajstić information content (AvgIpc) is 3.66. The number of rotatable bonds is 8. The predicted octanol–water partition coefficient (Wildman–Crippen LogP) is 5.91. The number of carbonyl (C=O) groups excluding carboxylic acids is 1. The standard InChI is InChI=1S/C31H30ClFN4O3S/c1-36-16-15-34-30(36)19-37(31(38)28-18-26(28)21-5-8-22(32)9-6-21)24-12-7-20-3-2-4-29(27(20)17-24)35-41(39,40)25-13-10-23(33)11-14-25/h5-17,26,28-29,35H,2-4,18-19H2,1H3/t26-,28+,29-/m1/s1. The molecule has 212 valence electrons. The van der Waals surface area contributed by atoms with Crippen molar-refractivity contribution in [2.75, 3.05) is 4.90 Å². The van der Waals surface area contributed by atoms with Gasteiger partial charge >= 0.3 is 0 Å². The molecule has 1 saturated carbocycles. The predicted molar refractivity (Wildman–Crippen MR) is 156 cm³/mol. The first-order valence-corrected chi connectivity index (χ1v) is 15.5. The highest BCUT2D eigenvalue weighted by molar-refractivity contribution is 7.89. The number of amides is 1. The van der Waals surface area contributed by atoms with E-state index < -0.39 is 21.9 Å². The molecular formula is C31H30ClFN4O3S. The van der Waals surface area contributed by atoms with Crippen LogP contribution in [0.4, 0.5) is 10.1 Å². The van der Waals surface area contributed by atoms with Gasteiger partial charge in [0.2, 0.25) is 15.9 Å². The summed E-state index contributed by atoms with van der Waals surface area (Å²) in [7, 11) is -1.99. The van der Waals surface area contributed by atoms with Crippen molar-refractivity contribution in [1.82, 2.24) is 14.3 Å². The summed E-state index contributed by atoms with van der Waals surface area (Å²) in [5.41, 5.74) is 3.68. The molecule has 0 radical (unpaired) electrons. The number of aryl methyl sites for hydroxylation is 2. The normalized spacial score (nSPS) is 19.9. The van der Waals surface area contributed by atoms with Gasteiger partial charge in [-0.25, -0.2) is 22.5 Å². The van der Waals surface area contributed by atoms with Crippen LogP contribution in [0.5, 0.6) is 0 Å². The lowest BCUT2D eigenvalue weighted by atomic mass is 9.87. The van der Waals surface area contributed by atoms with Crippen LogP contribution >= 0.6 is 11.6 Å². The highest BCUT2D eigenvalue weighted by atomic mass is 35.5. The Kier molecular flexibility index (Phi) is 7.44. The van der Waals surface area contributed by atoms with E-state index in [0.29, 0.717) is 17.1 Å². The van der Waals surface area contributed by atoms with Crippen LogP contribution in [0.15, 0.2) is 84.0 Å². The van der Waals surface area contributed by atoms with E-state index in [4.69, 9.17) is 11.6 Å². The maximum Gasteiger partial charge on any atom is 0.241 e. The number of fused-ring (bicyclic) bond motifs is 1. The summed E-state index contributed by atoms with van der Waals surface area (Å²) < 4.78 is 44.5. The second-order valence-corrected chi connectivity index (χ2v) is 12.9. The van der Waals surface area contributed by atoms with Gasteiger partial charge in [-0.05, 0) is 96.8 Å². The molecule has 0 unspecified atom stereocenters. The number of carbonyl (C=O) groups is 1. The molecule has 2 aliphatic carbocycles. The van der Waals surface area contributed by atoms with Gasteiger partial charge in [-0.1, -0.05) is 29.8 Å². The lowest BCUT2D eigenvalue weighted by Gasteiger charge is -2.29. The molecule has 1 aromatic heterocycles. The topological polar surface area (TPSA) is 84.3 Å². The molecule has 3 aromatic carbocycles. The summed E-state index contributed by atoms with van der Waals surface area (Å²) >= 11 is 6.07. The van der Waals surface area contributed by atoms with E-state index >= 15 is 0 Å². The SMILES string of the molecule is Cn1ccnc1CN(C(=O)[C@H]1C[C@@H]1c1ccc(Cl)cc1)c1ccc2c(c1)[C@H](NS(=O)(=O)c1ccc(F)cc1)CCC2. The summed E-state index contributed by atoms with van der Waals surface area (Å²) in [6, 6.07) is 17.8. The first kappa shape index (κ1) is 27.6. The van der Waals surface area contributed by atoms with Crippen LogP contribution in [0.3, 0.4) is 0 Å². The number of hydrogen-bond donors (Lipinski definition) is 1. The Morgan fingerprint density at radius 1 is 1.12 bits per heavy atom. The molecule has 1 heterocycles. The number of benzene rings is 3. The Morgan fingerprint density at radius 2 is 1.88 bits per heavy atom. The first-order valence-electron chi connectivity index (χ1n) is 13.6. The lowest BCUT2D eigenvalue weighted by Crippen LogP contribution is -2.34. The van der Waals surface area contributed by atoms with Crippen LogP contribution in [-0.4, -0.2) is 23.9 Å². The van der Waals surface area contributed by atoms with Crippen molar-refractivity contribution in [2.45, 2.75) is 49.1 Å². The van der Waals surface area contributed by atoms with Crippen LogP contribution in [0, 0.1) is 11.7 Å². The Bertz CT molecular complexity index is 1690. The summed E-state index contributed by atoms with van der Waals surface area (Å²) in [4.78, 5) is 20.2. The van der Waals surface area contributed by atoms with Crippen molar-refractivity contribution in [2.24, 2.45) is 13.0 Å². The maximum atomic E-state index is 14.0. The summed E-state index contributed by atoms with van der Waals surface area (Å²) in [5, 5.41) is 0.660. The Hall–Kier alpha value is -3.53. The summed E-state index contributed by atoms with van der Waals surface area (Å²) in [5.74, 6) is 0.209. The molecule has 0 bridgehead atoms. The lowest BCUT2D eigenvalue weighted by molar-refractivity contribution is -0.120. The molecule has 41 heavy (non-hydrogen) atoms. The number of anilines is 1. The Morgan fingerprint density at radius 3 is 2.59 bits per heavy atom. The number of halogens is 2. The van der Waals surface area contributed by atoms with Gasteiger partial charge in [-0.15, -0.1) is 0 Å². The number of nitrogens with one attached hydrogen (secondary N) is 1. The second kappa shape index (κ2) is 11.0. The molecule has 3 atom stereocenters. The van der Waals surface area contributed by atoms with Gasteiger partial charge in [0, 0.05) is 42.1 Å². The van der Waals surface area contributed by atoms with Crippen LogP contribution < -0.4 is 9.62 Å². The minimum Gasteiger partial charge on any atom is -0.337 e. The molecule has 4 aromatic rings. The van der Waals surface area contributed by atoms with Crippen molar-refractivity contribution in [3.8, 4) is 0 Å². The molecule has 0 aliphatic heterocycles. The number of hydrogen-bond acceptors (Lipinski definition) is 4. The van der Waals surface area contributed by atoms with Gasteiger partial charge in [-0.2, -0.15) is 0 Å². The largest absolute Gasteiger partial charge is 0.337 e. The molecule has 7 nitrogen and oxygen atoms in total. The van der Waals surface area contributed by atoms with Gasteiger partial charge in [0.1, 0.15) is 11.6 Å². The van der Waals surface area contributed by atoms with Crippen LogP contribution in [0.25, 0.3) is 0 Å². The zero-order chi connectivity index (χ0) is 28.7. The van der Waals surface area contributed by atoms with Crippen molar-refractivity contribution < 1.29 is 17.6 Å². The third-order valence-electron chi connectivity index (χ3n) is 8.07. The van der Waals surface area contributed by atoms with Gasteiger partial charge in [0.15, 0.2) is 0 Å². The number of nitrogens with zero attached hydrogens (tertiary/aromatic N) is 3. The molecule has 10 heteroatoms. The van der Waals surface area contributed by atoms with Gasteiger partial charge in [-0.3, -0.25) is 4.79 Å². The van der Waals surface area contributed by atoms with E-state index in [1.165, 1.54) is 12.1 Å². The van der Waals surface area contributed by atoms with E-state index in [1.807, 2.05) is 60.3 Å². The van der Waals surface area contributed by atoms with Crippen LogP contribution in [0.2, 0.25) is 5.02 Å². The number of imidazole rings is 1. The molecule has 1 amide bonds. The molecule has 0 saturated heterocycles. The highest BCUT2D eigenvalue weighted by Crippen LogP contribution is 2.49. The zero-order valence-corrected chi connectivity index (χ0v) is 24.1. The van der Waals surface area contributed by atoms with E-state index in [-0.39, 0.29) is 29.2 Å². The number of sulfonamides is 1. The van der Waals surface area contributed by atoms with Gasteiger partial charge in [0.25, 0.3) is 0 Å². The maximum absolute atomic E-state index is 14.0. The summed E-state index contributed by atoms with van der Waals surface area (Å²) in [6.07, 6.45) is 6.56. The van der Waals surface area contributed by atoms with Crippen LogP contribution in [-0.2, 0) is 34.8 Å². The minimum absolute atomic E-state index is 0.00662. The monoisotopic (exact) mass is 592 g/mol. The highest BCUT2D eigenvalue weighted by Gasteiger charge is 2.46. The molecule has 6 rings (SSSR count). The molecule has 1 fully saturated rings. The fraction of sp³-hybridized carbons (Fsp3) is 0.290. The molecule has 1 N–H and O–H groups in total. The second-order valence-electron chi connectivity index (χ2n) is 10.8. The smallest absolute Gasteiger partial charge is 0.241 e. The number of aromatic nitrogens is 2. The Labute approximate surface area is 244 Å². The van der Waals surface area contributed by atoms with E-state index in [9.17, 15) is 17.6 Å². The zero-order valence-electron chi connectivity index (χ0n) is 22.5. The van der Waals surface area contributed by atoms with Crippen molar-refractivity contribution >= 4 is 33.2 Å². The van der Waals surface area contributed by atoms with Crippen molar-refractivity contribution in [3.63, 3.8) is 0 Å². The fourth-order valence-electron chi connectivity index (χ4n) is 5.68. The van der Waals surface area contributed by atoms with E-state index in [2.05, 4.69) is 9.71 Å². The van der Waals surface area contributed by atoms with Crippen molar-refractivity contribution in [1.29, 1.82) is 0 Å². The molecule has 0 spiro atoms. The third kappa shape index (κ3) is 5.80. The molecular weight excluding hydrogens is 563 g/mol. The van der Waals surface area contributed by atoms with Crippen molar-refractivity contribution in [3.05, 3.63) is 112 Å². The van der Waals surface area contributed by atoms with Crippen LogP contribution in [0.1, 0.15) is 53.7 Å². The van der Waals surface area contributed by atoms with E-state index in [0.717, 1.165) is 53.9 Å². The Balaban J connectivity index is 1.31. The van der Waals surface area contributed by atoms with Gasteiger partial charge < -0.3 is 9.47 Å². The summed E-state index contributed by atoms with van der Waals surface area (Å²) in [6.45, 7) is 0.289. The quantitative estimate of drug-likeness (QED) is 0.276. The third-order valence-corrected chi connectivity index (χ3v) is 9.81.